The summed E-state index contributed by atoms with van der Waals surface area (Å²) < 4.78 is 0. The Morgan fingerprint density at radius 3 is 2.79 bits per heavy atom. The minimum atomic E-state index is -0.105. The maximum Gasteiger partial charge on any atom is 0.321 e. The number of nitrogens with zero attached hydrogens (tertiary/aromatic N) is 3. The maximum atomic E-state index is 12.6. The lowest BCUT2D eigenvalue weighted by atomic mass is 10.2. The van der Waals surface area contributed by atoms with Crippen molar-refractivity contribution in [3.05, 3.63) is 34.3 Å². The Kier molecular flexibility index (Phi) is 5.56. The van der Waals surface area contributed by atoms with Crippen LogP contribution < -0.4 is 10.6 Å². The Labute approximate surface area is 172 Å². The third kappa shape index (κ3) is 4.16. The molecule has 1 aromatic heterocycles. The smallest absolute Gasteiger partial charge is 0.321 e. The molecule has 148 valence electrons. The van der Waals surface area contributed by atoms with Gasteiger partial charge >= 0.3 is 6.03 Å². The van der Waals surface area contributed by atoms with E-state index in [1.807, 2.05) is 30.0 Å². The number of fused-ring (bicyclic) bond motifs is 1. The lowest BCUT2D eigenvalue weighted by Crippen LogP contribution is -2.50. The van der Waals surface area contributed by atoms with Crippen LogP contribution in [0.1, 0.15) is 23.7 Å². The summed E-state index contributed by atoms with van der Waals surface area (Å²) in [4.78, 5) is 34.0. The van der Waals surface area contributed by atoms with Crippen molar-refractivity contribution in [2.45, 2.75) is 24.8 Å². The summed E-state index contributed by atoms with van der Waals surface area (Å²) in [5.41, 5.74) is 2.52. The number of nitrogens with one attached hydrogen (secondary N) is 2. The second-order valence-corrected chi connectivity index (χ2v) is 8.91. The molecule has 9 heteroatoms. The average molecular weight is 418 g/mol. The summed E-state index contributed by atoms with van der Waals surface area (Å²) >= 11 is 3.20. The van der Waals surface area contributed by atoms with Gasteiger partial charge in [0, 0.05) is 47.8 Å². The van der Waals surface area contributed by atoms with Crippen LogP contribution >= 0.6 is 23.1 Å². The summed E-state index contributed by atoms with van der Waals surface area (Å²) in [6.45, 7) is 7.19. The standard InChI is InChI=1S/C19H23N5O2S2/c1-12-10-28-18(20-12)13(2)23-5-7-24(8-6-23)19(26)21-14-3-4-16-15(9-14)22-17(25)11-27-16/h3-4,9-10,13H,5-8,11H2,1-2H3,(H,21,26)(H,22,25). The lowest BCUT2D eigenvalue weighted by molar-refractivity contribution is -0.113. The third-order valence-corrected chi connectivity index (χ3v) is 7.21. The van der Waals surface area contributed by atoms with Gasteiger partial charge in [-0.2, -0.15) is 0 Å². The quantitative estimate of drug-likeness (QED) is 0.800. The molecule has 0 saturated carbocycles. The van der Waals surface area contributed by atoms with Crippen LogP contribution in [0.25, 0.3) is 0 Å². The summed E-state index contributed by atoms with van der Waals surface area (Å²) in [7, 11) is 0. The first-order chi connectivity index (χ1) is 13.5. The van der Waals surface area contributed by atoms with Crippen LogP contribution in [0.5, 0.6) is 0 Å². The average Bonchev–Trinajstić information content (AvgIpc) is 3.13. The number of urea groups is 1. The zero-order valence-corrected chi connectivity index (χ0v) is 17.5. The molecule has 4 rings (SSSR count). The first-order valence-electron chi connectivity index (χ1n) is 9.28. The molecule has 2 aliphatic heterocycles. The molecule has 1 aromatic carbocycles. The molecule has 1 unspecified atom stereocenters. The molecule has 1 saturated heterocycles. The number of hydrogen-bond donors (Lipinski definition) is 2. The fraction of sp³-hybridized carbons (Fsp3) is 0.421. The van der Waals surface area contributed by atoms with Gasteiger partial charge in [0.25, 0.3) is 0 Å². The number of rotatable bonds is 3. The Balaban J connectivity index is 1.33. The Bertz CT molecular complexity index is 892. The Hall–Kier alpha value is -2.10. The summed E-state index contributed by atoms with van der Waals surface area (Å²) in [5, 5.41) is 9.01. The number of carbonyl (C=O) groups excluding carboxylic acids is 2. The number of aryl methyl sites for hydroxylation is 1. The molecule has 1 atom stereocenters. The third-order valence-electron chi connectivity index (χ3n) is 5.01. The molecule has 28 heavy (non-hydrogen) atoms. The van der Waals surface area contributed by atoms with Crippen molar-refractivity contribution in [2.75, 3.05) is 42.6 Å². The predicted octanol–water partition coefficient (Wildman–Crippen LogP) is 3.41. The van der Waals surface area contributed by atoms with E-state index in [4.69, 9.17) is 0 Å². The van der Waals surface area contributed by atoms with Gasteiger partial charge in [-0.25, -0.2) is 9.78 Å². The second kappa shape index (κ2) is 8.10. The van der Waals surface area contributed by atoms with Crippen molar-refractivity contribution in [1.29, 1.82) is 0 Å². The highest BCUT2D eigenvalue weighted by Gasteiger charge is 2.26. The number of piperazine rings is 1. The van der Waals surface area contributed by atoms with Gasteiger partial charge in [-0.3, -0.25) is 9.69 Å². The van der Waals surface area contributed by atoms with E-state index in [1.54, 1.807) is 11.3 Å². The van der Waals surface area contributed by atoms with Gasteiger partial charge in [0.1, 0.15) is 5.01 Å². The highest BCUT2D eigenvalue weighted by atomic mass is 32.2. The molecule has 1 fully saturated rings. The highest BCUT2D eigenvalue weighted by Crippen LogP contribution is 2.33. The topological polar surface area (TPSA) is 77.6 Å². The molecule has 2 aromatic rings. The molecule has 2 aliphatic rings. The monoisotopic (exact) mass is 417 g/mol. The highest BCUT2D eigenvalue weighted by molar-refractivity contribution is 8.00. The molecule has 3 amide bonds. The zero-order valence-electron chi connectivity index (χ0n) is 15.9. The van der Waals surface area contributed by atoms with Crippen LogP contribution in [0.4, 0.5) is 16.2 Å². The van der Waals surface area contributed by atoms with Crippen molar-refractivity contribution in [3.8, 4) is 0 Å². The van der Waals surface area contributed by atoms with Crippen LogP contribution in [-0.4, -0.2) is 58.7 Å². The van der Waals surface area contributed by atoms with Gasteiger partial charge in [-0.05, 0) is 32.0 Å². The van der Waals surface area contributed by atoms with Crippen molar-refractivity contribution in [3.63, 3.8) is 0 Å². The molecular weight excluding hydrogens is 394 g/mol. The van der Waals surface area contributed by atoms with E-state index in [2.05, 4.69) is 32.8 Å². The van der Waals surface area contributed by atoms with Crippen LogP contribution in [0.15, 0.2) is 28.5 Å². The van der Waals surface area contributed by atoms with E-state index >= 15 is 0 Å². The molecule has 7 nitrogen and oxygen atoms in total. The SMILES string of the molecule is Cc1csc(C(C)N2CCN(C(=O)Nc3ccc4c(c3)NC(=O)CS4)CC2)n1. The number of hydrogen-bond acceptors (Lipinski definition) is 6. The molecule has 0 spiro atoms. The first kappa shape index (κ1) is 19.2. The minimum absolute atomic E-state index is 0.0124. The summed E-state index contributed by atoms with van der Waals surface area (Å²) in [6.07, 6.45) is 0. The molecule has 0 radical (unpaired) electrons. The summed E-state index contributed by atoms with van der Waals surface area (Å²) in [5.74, 6) is 0.420. The first-order valence-corrected chi connectivity index (χ1v) is 11.1. The van der Waals surface area contributed by atoms with Crippen molar-refractivity contribution in [2.24, 2.45) is 0 Å². The normalized spacial score (nSPS) is 18.4. The number of anilines is 2. The number of benzene rings is 1. The minimum Gasteiger partial charge on any atom is -0.324 e. The van der Waals surface area contributed by atoms with E-state index in [0.29, 0.717) is 24.5 Å². The Morgan fingerprint density at radius 2 is 2.07 bits per heavy atom. The van der Waals surface area contributed by atoms with E-state index in [0.717, 1.165) is 34.4 Å². The van der Waals surface area contributed by atoms with Gasteiger partial charge in [0.15, 0.2) is 0 Å². The van der Waals surface area contributed by atoms with Crippen molar-refractivity contribution in [1.82, 2.24) is 14.8 Å². The maximum absolute atomic E-state index is 12.6. The molecule has 0 bridgehead atoms. The van der Waals surface area contributed by atoms with Gasteiger partial charge in [-0.15, -0.1) is 23.1 Å². The van der Waals surface area contributed by atoms with Crippen molar-refractivity contribution < 1.29 is 9.59 Å². The number of thioether (sulfide) groups is 1. The van der Waals surface area contributed by atoms with Crippen LogP contribution in [0.2, 0.25) is 0 Å². The van der Waals surface area contributed by atoms with Crippen LogP contribution in [0, 0.1) is 6.92 Å². The number of carbonyl (C=O) groups is 2. The molecular formula is C19H23N5O2S2. The van der Waals surface area contributed by atoms with Gasteiger partial charge in [0.05, 0.1) is 17.5 Å². The van der Waals surface area contributed by atoms with E-state index in [-0.39, 0.29) is 18.0 Å². The number of thiazole rings is 1. The molecule has 0 aliphatic carbocycles. The molecule has 2 N–H and O–H groups in total. The lowest BCUT2D eigenvalue weighted by Gasteiger charge is -2.37. The second-order valence-electron chi connectivity index (χ2n) is 7.00. The number of aromatic nitrogens is 1. The van der Waals surface area contributed by atoms with E-state index in [9.17, 15) is 9.59 Å². The van der Waals surface area contributed by atoms with Gasteiger partial charge in [-0.1, -0.05) is 0 Å². The zero-order chi connectivity index (χ0) is 19.7. The number of amides is 3. The molecule has 3 heterocycles. The van der Waals surface area contributed by atoms with E-state index in [1.165, 1.54) is 11.8 Å². The van der Waals surface area contributed by atoms with Crippen LogP contribution in [-0.2, 0) is 4.79 Å². The van der Waals surface area contributed by atoms with Gasteiger partial charge < -0.3 is 15.5 Å². The van der Waals surface area contributed by atoms with Gasteiger partial charge in [0.2, 0.25) is 5.91 Å². The largest absolute Gasteiger partial charge is 0.324 e. The fourth-order valence-electron chi connectivity index (χ4n) is 3.40. The van der Waals surface area contributed by atoms with Crippen molar-refractivity contribution >= 4 is 46.4 Å². The fourth-order valence-corrected chi connectivity index (χ4v) is 5.07. The Morgan fingerprint density at radius 1 is 1.29 bits per heavy atom. The van der Waals surface area contributed by atoms with Crippen LogP contribution in [0.3, 0.4) is 0 Å². The predicted molar refractivity (Wildman–Crippen MR) is 113 cm³/mol. The summed E-state index contributed by atoms with van der Waals surface area (Å²) in [6, 6.07) is 5.80. The van der Waals surface area contributed by atoms with E-state index < -0.39 is 0 Å².